The van der Waals surface area contributed by atoms with Crippen molar-refractivity contribution in [1.82, 2.24) is 0 Å². The number of aliphatic hydroxyl groups excluding tert-OH is 2. The summed E-state index contributed by atoms with van der Waals surface area (Å²) in [6, 6.07) is 24.3. The zero-order valence-electron chi connectivity index (χ0n) is 35.0. The maximum Gasteiger partial charge on any atom is 0.345 e. The summed E-state index contributed by atoms with van der Waals surface area (Å²) in [5, 5.41) is 39.0. The third-order valence-corrected chi connectivity index (χ3v) is 15.9. The number of allylic oxidation sites excluding steroid dienone is 4. The van der Waals surface area contributed by atoms with Crippen LogP contribution in [0.25, 0.3) is 0 Å². The van der Waals surface area contributed by atoms with Crippen LogP contribution in [-0.4, -0.2) is 32.4 Å². The van der Waals surface area contributed by atoms with Crippen molar-refractivity contribution >= 4 is 66.5 Å². The van der Waals surface area contributed by atoms with Crippen LogP contribution in [-0.2, 0) is 12.8 Å². The molecule has 2 aliphatic rings. The van der Waals surface area contributed by atoms with Crippen LogP contribution >= 0.6 is 54.5 Å². The van der Waals surface area contributed by atoms with Gasteiger partial charge in [-0.2, -0.15) is 0 Å². The highest BCUT2D eigenvalue weighted by molar-refractivity contribution is 9.12. The van der Waals surface area contributed by atoms with E-state index in [1.165, 1.54) is 55.6 Å². The molecule has 2 aromatic heterocycles. The number of halogens is 2. The maximum atomic E-state index is 11.1. The number of carboxylic acids is 2. The first-order chi connectivity index (χ1) is 29.0. The topological polar surface area (TPSA) is 115 Å². The van der Waals surface area contributed by atoms with Gasteiger partial charge in [-0.3, -0.25) is 0 Å². The Hall–Kier alpha value is -2.86. The smallest absolute Gasteiger partial charge is 0.345 e. The summed E-state index contributed by atoms with van der Waals surface area (Å²) in [4.78, 5) is 25.2. The molecule has 6 rings (SSSR count). The summed E-state index contributed by atoms with van der Waals surface area (Å²) in [5.41, 5.74) is 4.61. The lowest BCUT2D eigenvalue weighted by Gasteiger charge is -2.22. The summed E-state index contributed by atoms with van der Waals surface area (Å²) < 4.78 is 2.51. The minimum atomic E-state index is -0.846. The second-order valence-corrected chi connectivity index (χ2v) is 20.6. The van der Waals surface area contributed by atoms with Crippen LogP contribution in [0.1, 0.15) is 179 Å². The van der Waals surface area contributed by atoms with Crippen molar-refractivity contribution in [3.05, 3.63) is 136 Å². The van der Waals surface area contributed by atoms with E-state index in [2.05, 4.69) is 106 Å². The second kappa shape index (κ2) is 24.7. The first-order valence-electron chi connectivity index (χ1n) is 21.9. The average molecular weight is 983 g/mol. The van der Waals surface area contributed by atoms with Crippen LogP contribution in [0.15, 0.2) is 93.9 Å². The molecule has 324 valence electrons. The third kappa shape index (κ3) is 14.1. The van der Waals surface area contributed by atoms with Crippen molar-refractivity contribution in [3.8, 4) is 0 Å². The molecule has 2 heterocycles. The Labute approximate surface area is 382 Å². The number of carbonyl (C=O) groups is 2. The van der Waals surface area contributed by atoms with Gasteiger partial charge in [0.05, 0.1) is 12.2 Å². The van der Waals surface area contributed by atoms with Crippen LogP contribution in [0.5, 0.6) is 0 Å². The molecule has 6 atom stereocenters. The van der Waals surface area contributed by atoms with Crippen molar-refractivity contribution in [3.63, 3.8) is 0 Å². The molecule has 0 bridgehead atoms. The lowest BCUT2D eigenvalue weighted by Crippen LogP contribution is -2.10. The molecular weight excluding hydrogens is 920 g/mol. The quantitative estimate of drug-likeness (QED) is 0.0583. The Morgan fingerprint density at radius 3 is 1.43 bits per heavy atom. The first kappa shape index (κ1) is 48.2. The molecule has 2 aliphatic carbocycles. The van der Waals surface area contributed by atoms with E-state index in [1.54, 1.807) is 12.1 Å². The van der Waals surface area contributed by atoms with Crippen molar-refractivity contribution in [2.75, 3.05) is 0 Å². The largest absolute Gasteiger partial charge is 0.477 e. The number of aryl methyl sites for hydroxylation is 2. The number of hydrogen-bond donors (Lipinski definition) is 4. The number of thiophene rings is 2. The van der Waals surface area contributed by atoms with Gasteiger partial charge in [0.2, 0.25) is 0 Å². The molecule has 0 aliphatic heterocycles. The Balaban J connectivity index is 0.000000228. The van der Waals surface area contributed by atoms with Gasteiger partial charge in [-0.1, -0.05) is 151 Å². The fraction of sp³-hybridized carbons (Fsp3) is 0.480. The van der Waals surface area contributed by atoms with Gasteiger partial charge >= 0.3 is 11.9 Å². The van der Waals surface area contributed by atoms with Gasteiger partial charge in [0.25, 0.3) is 0 Å². The van der Waals surface area contributed by atoms with Crippen LogP contribution < -0.4 is 0 Å². The van der Waals surface area contributed by atoms with Crippen molar-refractivity contribution < 1.29 is 30.0 Å². The Morgan fingerprint density at radius 1 is 0.583 bits per heavy atom. The molecule has 0 spiro atoms. The van der Waals surface area contributed by atoms with E-state index < -0.39 is 11.9 Å². The molecule has 4 aromatic rings. The molecule has 4 unspecified atom stereocenters. The second-order valence-electron chi connectivity index (χ2n) is 16.4. The lowest BCUT2D eigenvalue weighted by molar-refractivity contribution is 0.0691. The van der Waals surface area contributed by atoms with Crippen LogP contribution in [0.2, 0.25) is 0 Å². The standard InChI is InChI=1S/C26H33BrO3S.C24H29BrO3S/c1-2-3-4-9-23(28)18-10-12-20(13-11-18)25-19(14-16-22(25)27)7-5-6-8-21-15-17-24(31-21)26(29)30;1-2-3-4-5-21(26)16-6-8-17(9-7-16)23-18(11-14-20(23)25)10-12-19-13-15-22(29-19)24(27)28/h10-13,15-17,19,23,25,28H,2-9,14H2,1H3,(H,29,30);6-9,13-15,18,21,23,26H,2-5,10-12H2,1H3,(H,27,28)/t19-,23?,25?;18-,21?,23?/m00/s1. The molecule has 0 fully saturated rings. The van der Waals surface area contributed by atoms with Crippen LogP contribution in [0.3, 0.4) is 0 Å². The summed E-state index contributed by atoms with van der Waals surface area (Å²) in [6.45, 7) is 4.36. The predicted molar refractivity (Wildman–Crippen MR) is 255 cm³/mol. The fourth-order valence-electron chi connectivity index (χ4n) is 8.58. The fourth-order valence-corrected chi connectivity index (χ4v) is 12.0. The Kier molecular flexibility index (Phi) is 19.8. The number of carboxylic acid groups (broad SMARTS) is 2. The van der Waals surface area contributed by atoms with Crippen molar-refractivity contribution in [2.24, 2.45) is 11.8 Å². The Bertz CT molecular complexity index is 2000. The van der Waals surface area contributed by atoms with Crippen LogP contribution in [0, 0.1) is 11.8 Å². The van der Waals surface area contributed by atoms with Crippen LogP contribution in [0.4, 0.5) is 0 Å². The van der Waals surface area contributed by atoms with E-state index in [4.69, 9.17) is 10.2 Å². The highest BCUT2D eigenvalue weighted by Gasteiger charge is 2.31. The van der Waals surface area contributed by atoms with E-state index in [0.29, 0.717) is 33.4 Å². The molecule has 60 heavy (non-hydrogen) atoms. The molecular formula is C50H62Br2O6S2. The van der Waals surface area contributed by atoms with Gasteiger partial charge in [0, 0.05) is 21.6 Å². The van der Waals surface area contributed by atoms with Gasteiger partial charge in [-0.15, -0.1) is 22.7 Å². The van der Waals surface area contributed by atoms with Crippen molar-refractivity contribution in [1.29, 1.82) is 0 Å². The third-order valence-electron chi connectivity index (χ3n) is 12.0. The summed E-state index contributed by atoms with van der Waals surface area (Å²) in [5.74, 6) is 0.140. The van der Waals surface area contributed by atoms with Gasteiger partial charge in [-0.05, 0) is 125 Å². The zero-order valence-corrected chi connectivity index (χ0v) is 39.8. The number of hydrogen-bond acceptors (Lipinski definition) is 6. The molecule has 4 N–H and O–H groups in total. The van der Waals surface area contributed by atoms with E-state index in [-0.39, 0.29) is 12.2 Å². The van der Waals surface area contributed by atoms with E-state index >= 15 is 0 Å². The summed E-state index contributed by atoms with van der Waals surface area (Å²) >= 11 is 10.3. The predicted octanol–water partition coefficient (Wildman–Crippen LogP) is 14.9. The number of aromatic carboxylic acids is 2. The molecule has 10 heteroatoms. The summed E-state index contributed by atoms with van der Waals surface area (Å²) in [7, 11) is 0. The molecule has 2 aromatic carbocycles. The number of unbranched alkanes of at least 4 members (excludes halogenated alkanes) is 5. The SMILES string of the molecule is CCCCCC(O)c1ccc(C2C(Br)=CC[C@@H]2CCCCc2ccc(C(=O)O)s2)cc1.CCCCCC(O)c1ccc(C2C(Br)=CC[C@@H]2CCc2ccc(C(=O)O)s2)cc1. The molecule has 0 amide bonds. The average Bonchev–Trinajstić information content (AvgIpc) is 4.07. The zero-order chi connectivity index (χ0) is 43.0. The normalized spacial score (nSPS) is 19.6. The monoisotopic (exact) mass is 980 g/mol. The molecule has 6 nitrogen and oxygen atoms in total. The lowest BCUT2D eigenvalue weighted by atomic mass is 9.84. The van der Waals surface area contributed by atoms with Gasteiger partial charge < -0.3 is 20.4 Å². The number of aliphatic hydroxyl groups is 2. The first-order valence-corrected chi connectivity index (χ1v) is 25.1. The highest BCUT2D eigenvalue weighted by atomic mass is 79.9. The molecule has 0 saturated carbocycles. The van der Waals surface area contributed by atoms with E-state index in [9.17, 15) is 19.8 Å². The van der Waals surface area contributed by atoms with Crippen molar-refractivity contribution in [2.45, 2.75) is 141 Å². The Morgan fingerprint density at radius 2 is 1.02 bits per heavy atom. The van der Waals surface area contributed by atoms with E-state index in [0.717, 1.165) is 111 Å². The molecule has 0 radical (unpaired) electrons. The number of rotatable bonds is 22. The van der Waals surface area contributed by atoms with Gasteiger partial charge in [0.15, 0.2) is 0 Å². The highest BCUT2D eigenvalue weighted by Crippen LogP contribution is 2.47. The molecule has 0 saturated heterocycles. The minimum absolute atomic E-state index is 0.334. The van der Waals surface area contributed by atoms with E-state index in [1.807, 2.05) is 12.1 Å². The van der Waals surface area contributed by atoms with Gasteiger partial charge in [-0.25, -0.2) is 9.59 Å². The minimum Gasteiger partial charge on any atom is -0.477 e. The summed E-state index contributed by atoms with van der Waals surface area (Å²) in [6.07, 6.45) is 20.7. The van der Waals surface area contributed by atoms with Gasteiger partial charge in [0.1, 0.15) is 9.75 Å². The maximum absolute atomic E-state index is 11.1. The number of benzene rings is 2.